The molecule has 5 heteroatoms. The Labute approximate surface area is 141 Å². The number of benzene rings is 1. The van der Waals surface area contributed by atoms with Crippen molar-refractivity contribution in [3.8, 4) is 0 Å². The number of rotatable bonds is 4. The van der Waals surface area contributed by atoms with E-state index in [2.05, 4.69) is 16.1 Å². The molecule has 2 heterocycles. The molecule has 0 amide bonds. The summed E-state index contributed by atoms with van der Waals surface area (Å²) in [7, 11) is 0. The van der Waals surface area contributed by atoms with E-state index in [1.54, 1.807) is 12.1 Å². The van der Waals surface area contributed by atoms with Crippen molar-refractivity contribution < 1.29 is 9.50 Å². The van der Waals surface area contributed by atoms with Crippen LogP contribution in [0.2, 0.25) is 0 Å². The average Bonchev–Trinajstić information content (AvgIpc) is 3.22. The Kier molecular flexibility index (Phi) is 4.37. The van der Waals surface area contributed by atoms with E-state index in [9.17, 15) is 4.39 Å². The van der Waals surface area contributed by atoms with Crippen molar-refractivity contribution in [1.82, 2.24) is 14.7 Å². The third-order valence-electron chi connectivity index (χ3n) is 5.60. The number of fused-ring (bicyclic) bond motifs is 1. The number of halogens is 1. The molecule has 1 unspecified atom stereocenters. The van der Waals surface area contributed by atoms with Gasteiger partial charge in [0.1, 0.15) is 5.82 Å². The van der Waals surface area contributed by atoms with Gasteiger partial charge < -0.3 is 5.11 Å². The third-order valence-corrected chi connectivity index (χ3v) is 5.60. The van der Waals surface area contributed by atoms with Crippen molar-refractivity contribution in [2.45, 2.75) is 44.2 Å². The first-order valence-electron chi connectivity index (χ1n) is 8.91. The first-order valence-corrected chi connectivity index (χ1v) is 8.91. The molecule has 2 aromatic rings. The van der Waals surface area contributed by atoms with Crippen molar-refractivity contribution in [2.75, 3.05) is 19.7 Å². The Morgan fingerprint density at radius 1 is 1.17 bits per heavy atom. The fourth-order valence-electron chi connectivity index (χ4n) is 4.41. The van der Waals surface area contributed by atoms with Crippen LogP contribution in [0.15, 0.2) is 30.5 Å². The lowest BCUT2D eigenvalue weighted by molar-refractivity contribution is 0.148. The number of aromatic nitrogens is 2. The van der Waals surface area contributed by atoms with Crippen LogP contribution in [0.3, 0.4) is 0 Å². The quantitative estimate of drug-likeness (QED) is 0.938. The fraction of sp³-hybridized carbons (Fsp3) is 0.526. The van der Waals surface area contributed by atoms with Gasteiger partial charge in [0.05, 0.1) is 13.2 Å². The third kappa shape index (κ3) is 2.87. The molecular formula is C19H24FN3O. The zero-order chi connectivity index (χ0) is 16.5. The van der Waals surface area contributed by atoms with E-state index in [1.165, 1.54) is 16.8 Å². The van der Waals surface area contributed by atoms with E-state index in [0.717, 1.165) is 38.8 Å². The Morgan fingerprint density at radius 3 is 2.79 bits per heavy atom. The smallest absolute Gasteiger partial charge is 0.123 e. The van der Waals surface area contributed by atoms with Crippen molar-refractivity contribution in [2.24, 2.45) is 0 Å². The first kappa shape index (κ1) is 15.8. The largest absolute Gasteiger partial charge is 0.394 e. The van der Waals surface area contributed by atoms with Gasteiger partial charge in [-0.25, -0.2) is 4.39 Å². The number of likely N-dealkylation sites (tertiary alicyclic amines) is 1. The zero-order valence-corrected chi connectivity index (χ0v) is 13.9. The molecule has 1 aliphatic carbocycles. The van der Waals surface area contributed by atoms with Crippen LogP contribution in [0, 0.1) is 5.82 Å². The van der Waals surface area contributed by atoms with E-state index in [-0.39, 0.29) is 12.4 Å². The van der Waals surface area contributed by atoms with Crippen LogP contribution in [0.25, 0.3) is 0 Å². The summed E-state index contributed by atoms with van der Waals surface area (Å²) in [5.74, 6) is 0.382. The van der Waals surface area contributed by atoms with Gasteiger partial charge >= 0.3 is 0 Å². The van der Waals surface area contributed by atoms with E-state index in [0.29, 0.717) is 18.5 Å². The predicted molar refractivity (Wildman–Crippen MR) is 90.3 cm³/mol. The van der Waals surface area contributed by atoms with Gasteiger partial charge in [0.15, 0.2) is 0 Å². The van der Waals surface area contributed by atoms with Crippen molar-refractivity contribution >= 4 is 0 Å². The lowest BCUT2D eigenvalue weighted by Crippen LogP contribution is -2.36. The van der Waals surface area contributed by atoms with E-state index in [4.69, 9.17) is 5.11 Å². The first-order chi connectivity index (χ1) is 11.8. The second-order valence-corrected chi connectivity index (χ2v) is 6.91. The average molecular weight is 329 g/mol. The zero-order valence-electron chi connectivity index (χ0n) is 13.9. The lowest BCUT2D eigenvalue weighted by atomic mass is 9.91. The molecule has 1 atom stereocenters. The minimum Gasteiger partial charge on any atom is -0.394 e. The van der Waals surface area contributed by atoms with Gasteiger partial charge in [0, 0.05) is 23.9 Å². The Hall–Kier alpha value is -1.72. The number of aliphatic hydroxyl groups excluding tert-OH is 1. The molecule has 0 bridgehead atoms. The fourth-order valence-corrected chi connectivity index (χ4v) is 4.41. The molecule has 24 heavy (non-hydrogen) atoms. The summed E-state index contributed by atoms with van der Waals surface area (Å²) < 4.78 is 15.5. The number of nitrogens with zero attached hydrogens (tertiary/aromatic N) is 3. The molecule has 4 rings (SSSR count). The standard InChI is InChI=1S/C19H24FN3O/c20-16-3-1-14-2-4-19(17(14)13-16)22-9-6-15(7-10-22)18-5-8-21-23(18)11-12-24/h1,3,5,8,13,15,19,24H,2,4,6-7,9-12H2. The molecule has 1 aliphatic heterocycles. The lowest BCUT2D eigenvalue weighted by Gasteiger charge is -2.36. The van der Waals surface area contributed by atoms with Crippen LogP contribution in [0.5, 0.6) is 0 Å². The molecule has 4 nitrogen and oxygen atoms in total. The molecule has 1 N–H and O–H groups in total. The summed E-state index contributed by atoms with van der Waals surface area (Å²) in [6.45, 7) is 2.76. The summed E-state index contributed by atoms with van der Waals surface area (Å²) >= 11 is 0. The van der Waals surface area contributed by atoms with Gasteiger partial charge in [-0.15, -0.1) is 0 Å². The van der Waals surface area contributed by atoms with Gasteiger partial charge in [-0.1, -0.05) is 6.07 Å². The minimum atomic E-state index is -0.122. The monoisotopic (exact) mass is 329 g/mol. The number of piperidine rings is 1. The van der Waals surface area contributed by atoms with Gasteiger partial charge in [0.2, 0.25) is 0 Å². The SMILES string of the molecule is OCCn1nccc1C1CCN(C2CCc3ccc(F)cc32)CC1. The summed E-state index contributed by atoms with van der Waals surface area (Å²) in [6.07, 6.45) is 6.18. The van der Waals surface area contributed by atoms with Crippen LogP contribution in [0.1, 0.15) is 48.0 Å². The van der Waals surface area contributed by atoms with E-state index < -0.39 is 0 Å². The van der Waals surface area contributed by atoms with Crippen molar-refractivity contribution in [1.29, 1.82) is 0 Å². The molecule has 1 saturated heterocycles. The van der Waals surface area contributed by atoms with Gasteiger partial charge in [-0.05, 0) is 68.1 Å². The highest BCUT2D eigenvalue weighted by Crippen LogP contribution is 2.39. The van der Waals surface area contributed by atoms with E-state index in [1.807, 2.05) is 16.9 Å². The number of hydrogen-bond acceptors (Lipinski definition) is 3. The maximum absolute atomic E-state index is 13.6. The van der Waals surface area contributed by atoms with E-state index >= 15 is 0 Å². The van der Waals surface area contributed by atoms with Gasteiger partial charge in [-0.3, -0.25) is 9.58 Å². The topological polar surface area (TPSA) is 41.3 Å². The summed E-state index contributed by atoms with van der Waals surface area (Å²) in [5, 5.41) is 13.5. The molecule has 0 spiro atoms. The minimum absolute atomic E-state index is 0.122. The van der Waals surface area contributed by atoms with Gasteiger partial charge in [-0.2, -0.15) is 5.10 Å². The summed E-state index contributed by atoms with van der Waals surface area (Å²) in [4.78, 5) is 2.52. The van der Waals surface area contributed by atoms with Crippen LogP contribution >= 0.6 is 0 Å². The van der Waals surface area contributed by atoms with Crippen LogP contribution < -0.4 is 0 Å². The number of aliphatic hydroxyl groups is 1. The highest BCUT2D eigenvalue weighted by molar-refractivity contribution is 5.35. The molecule has 2 aliphatic rings. The molecular weight excluding hydrogens is 305 g/mol. The molecule has 128 valence electrons. The van der Waals surface area contributed by atoms with Crippen LogP contribution in [-0.4, -0.2) is 39.5 Å². The van der Waals surface area contributed by atoms with Crippen LogP contribution in [0.4, 0.5) is 4.39 Å². The predicted octanol–water partition coefficient (Wildman–Crippen LogP) is 2.88. The Morgan fingerprint density at radius 2 is 2.00 bits per heavy atom. The highest BCUT2D eigenvalue weighted by Gasteiger charge is 2.32. The second-order valence-electron chi connectivity index (χ2n) is 6.91. The normalized spacial score (nSPS) is 22.0. The van der Waals surface area contributed by atoms with Crippen molar-refractivity contribution in [3.63, 3.8) is 0 Å². The molecule has 0 radical (unpaired) electrons. The maximum atomic E-state index is 13.6. The number of aryl methyl sites for hydroxylation is 1. The summed E-state index contributed by atoms with van der Waals surface area (Å²) in [5.41, 5.74) is 3.74. The second kappa shape index (κ2) is 6.65. The Bertz CT molecular complexity index is 706. The van der Waals surface area contributed by atoms with Gasteiger partial charge in [0.25, 0.3) is 0 Å². The molecule has 1 fully saturated rings. The molecule has 1 aromatic carbocycles. The number of hydrogen-bond donors (Lipinski definition) is 1. The van der Waals surface area contributed by atoms with Crippen LogP contribution in [-0.2, 0) is 13.0 Å². The van der Waals surface area contributed by atoms with Crippen molar-refractivity contribution in [3.05, 3.63) is 53.1 Å². The maximum Gasteiger partial charge on any atom is 0.123 e. The molecule has 1 aromatic heterocycles. The molecule has 0 saturated carbocycles. The highest BCUT2D eigenvalue weighted by atomic mass is 19.1. The Balaban J connectivity index is 1.44. The summed E-state index contributed by atoms with van der Waals surface area (Å²) in [6, 6.07) is 7.71.